The Hall–Kier alpha value is 0.717. The molecule has 0 radical (unpaired) electrons. The molecule has 0 saturated heterocycles. The zero-order valence-electron chi connectivity index (χ0n) is 11.1. The van der Waals surface area contributed by atoms with Crippen LogP contribution in [0.4, 0.5) is 0 Å². The first kappa shape index (κ1) is 16.7. The van der Waals surface area contributed by atoms with Gasteiger partial charge in [-0.05, 0) is 40.4 Å². The standard InChI is InChI=1S/C11H24Cl2O2Si/c1-11(2,3)14-8-9(7-10(12)13)15-16(4,5)6/h9-10H,7-8H2,1-6H3/t9-/m1/s1. The third-order valence-corrected chi connectivity index (χ3v) is 3.06. The van der Waals surface area contributed by atoms with E-state index in [2.05, 4.69) is 19.6 Å². The number of hydrogen-bond donors (Lipinski definition) is 0. The predicted molar refractivity (Wildman–Crippen MR) is 74.0 cm³/mol. The fourth-order valence-corrected chi connectivity index (χ4v) is 2.75. The lowest BCUT2D eigenvalue weighted by Gasteiger charge is -2.29. The second kappa shape index (κ2) is 6.60. The van der Waals surface area contributed by atoms with Gasteiger partial charge in [-0.25, -0.2) is 0 Å². The zero-order valence-corrected chi connectivity index (χ0v) is 13.7. The van der Waals surface area contributed by atoms with Crippen LogP contribution in [0.25, 0.3) is 0 Å². The van der Waals surface area contributed by atoms with Crippen molar-refractivity contribution in [3.05, 3.63) is 0 Å². The lowest BCUT2D eigenvalue weighted by atomic mass is 10.2. The molecule has 0 amide bonds. The maximum absolute atomic E-state index is 5.99. The summed E-state index contributed by atoms with van der Waals surface area (Å²) in [7, 11) is -1.58. The molecule has 0 heterocycles. The van der Waals surface area contributed by atoms with Crippen LogP contribution >= 0.6 is 23.2 Å². The molecular formula is C11H24Cl2O2Si. The number of rotatable bonds is 6. The summed E-state index contributed by atoms with van der Waals surface area (Å²) in [4.78, 5) is -0.398. The van der Waals surface area contributed by atoms with Crippen LogP contribution in [-0.2, 0) is 9.16 Å². The molecule has 0 aliphatic heterocycles. The van der Waals surface area contributed by atoms with E-state index in [-0.39, 0.29) is 11.7 Å². The Labute approximate surface area is 111 Å². The predicted octanol–water partition coefficient (Wildman–Crippen LogP) is 4.22. The molecule has 0 fully saturated rings. The van der Waals surface area contributed by atoms with Crippen LogP contribution in [0, 0.1) is 0 Å². The van der Waals surface area contributed by atoms with E-state index in [4.69, 9.17) is 32.4 Å². The topological polar surface area (TPSA) is 18.5 Å². The lowest BCUT2D eigenvalue weighted by Crippen LogP contribution is -2.37. The van der Waals surface area contributed by atoms with Gasteiger partial charge in [0, 0.05) is 6.42 Å². The van der Waals surface area contributed by atoms with Crippen molar-refractivity contribution in [2.24, 2.45) is 0 Å². The Morgan fingerprint density at radius 2 is 1.62 bits per heavy atom. The molecule has 0 unspecified atom stereocenters. The lowest BCUT2D eigenvalue weighted by molar-refractivity contribution is -0.0446. The highest BCUT2D eigenvalue weighted by Crippen LogP contribution is 2.19. The summed E-state index contributed by atoms with van der Waals surface area (Å²) in [5.41, 5.74) is -0.158. The minimum absolute atomic E-state index is 0.00843. The van der Waals surface area contributed by atoms with Crippen molar-refractivity contribution in [3.63, 3.8) is 0 Å². The summed E-state index contributed by atoms with van der Waals surface area (Å²) in [5, 5.41) is 0. The largest absolute Gasteiger partial charge is 0.412 e. The van der Waals surface area contributed by atoms with Crippen LogP contribution in [0.2, 0.25) is 19.6 Å². The van der Waals surface area contributed by atoms with Crippen LogP contribution in [-0.4, -0.2) is 31.5 Å². The summed E-state index contributed by atoms with van der Waals surface area (Å²) < 4.78 is 11.7. The molecule has 0 aromatic rings. The van der Waals surface area contributed by atoms with Crippen molar-refractivity contribution in [2.75, 3.05) is 6.61 Å². The molecule has 0 bridgehead atoms. The Bertz CT molecular complexity index is 197. The first-order chi connectivity index (χ1) is 6.99. The van der Waals surface area contributed by atoms with E-state index in [9.17, 15) is 0 Å². The molecule has 0 rings (SSSR count). The van der Waals surface area contributed by atoms with E-state index in [1.807, 2.05) is 20.8 Å². The first-order valence-electron chi connectivity index (χ1n) is 5.59. The summed E-state index contributed by atoms with van der Waals surface area (Å²) >= 11 is 11.6. The van der Waals surface area contributed by atoms with Crippen LogP contribution in [0.3, 0.4) is 0 Å². The average molecular weight is 287 g/mol. The van der Waals surface area contributed by atoms with Crippen molar-refractivity contribution >= 4 is 31.5 Å². The molecule has 0 aromatic heterocycles. The minimum Gasteiger partial charge on any atom is -0.412 e. The maximum atomic E-state index is 5.99. The molecule has 0 aliphatic rings. The van der Waals surface area contributed by atoms with Crippen LogP contribution in [0.5, 0.6) is 0 Å². The quantitative estimate of drug-likeness (QED) is 0.538. The van der Waals surface area contributed by atoms with Gasteiger partial charge >= 0.3 is 0 Å². The molecular weight excluding hydrogens is 263 g/mol. The molecule has 5 heteroatoms. The third-order valence-electron chi connectivity index (χ3n) is 1.66. The summed E-state index contributed by atoms with van der Waals surface area (Å²) in [6, 6.07) is 0. The van der Waals surface area contributed by atoms with Gasteiger partial charge < -0.3 is 9.16 Å². The summed E-state index contributed by atoms with van der Waals surface area (Å²) in [5.74, 6) is 0. The second-order valence-corrected chi connectivity index (χ2v) is 11.6. The molecule has 16 heavy (non-hydrogen) atoms. The van der Waals surface area contributed by atoms with E-state index in [1.165, 1.54) is 0 Å². The van der Waals surface area contributed by atoms with Crippen molar-refractivity contribution in [3.8, 4) is 0 Å². The zero-order chi connectivity index (χ0) is 13.0. The number of hydrogen-bond acceptors (Lipinski definition) is 2. The van der Waals surface area contributed by atoms with Gasteiger partial charge in [-0.3, -0.25) is 0 Å². The molecule has 0 spiro atoms. The Balaban J connectivity index is 4.22. The van der Waals surface area contributed by atoms with Gasteiger partial charge in [0.05, 0.1) is 18.3 Å². The van der Waals surface area contributed by atoms with E-state index < -0.39 is 13.2 Å². The van der Waals surface area contributed by atoms with E-state index in [0.717, 1.165) is 0 Å². The van der Waals surface area contributed by atoms with Gasteiger partial charge in [-0.1, -0.05) is 0 Å². The van der Waals surface area contributed by atoms with E-state index in [0.29, 0.717) is 13.0 Å². The number of halogens is 2. The summed E-state index contributed by atoms with van der Waals surface area (Å²) in [6.07, 6.45) is 0.606. The molecule has 98 valence electrons. The van der Waals surface area contributed by atoms with Gasteiger partial charge in [-0.2, -0.15) is 0 Å². The Morgan fingerprint density at radius 3 is 1.94 bits per heavy atom. The molecule has 0 aromatic carbocycles. The van der Waals surface area contributed by atoms with Gasteiger partial charge in [0.2, 0.25) is 0 Å². The highest BCUT2D eigenvalue weighted by atomic mass is 35.5. The molecule has 2 nitrogen and oxygen atoms in total. The highest BCUT2D eigenvalue weighted by Gasteiger charge is 2.24. The molecule has 1 atom stereocenters. The van der Waals surface area contributed by atoms with E-state index in [1.54, 1.807) is 0 Å². The van der Waals surface area contributed by atoms with Crippen molar-refractivity contribution in [2.45, 2.75) is 63.4 Å². The second-order valence-electron chi connectivity index (χ2n) is 5.90. The molecule has 0 aliphatic carbocycles. The van der Waals surface area contributed by atoms with Crippen molar-refractivity contribution < 1.29 is 9.16 Å². The van der Waals surface area contributed by atoms with E-state index >= 15 is 0 Å². The van der Waals surface area contributed by atoms with Crippen molar-refractivity contribution in [1.29, 1.82) is 0 Å². The SMILES string of the molecule is CC(C)(C)OC[C@@H](CC(Cl)Cl)O[Si](C)(C)C. The van der Waals surface area contributed by atoms with Crippen LogP contribution in [0.1, 0.15) is 27.2 Å². The van der Waals surface area contributed by atoms with Gasteiger partial charge in [0.15, 0.2) is 8.32 Å². The fourth-order valence-electron chi connectivity index (χ4n) is 1.19. The average Bonchev–Trinajstić information content (AvgIpc) is 1.94. The minimum atomic E-state index is -1.58. The maximum Gasteiger partial charge on any atom is 0.184 e. The third kappa shape index (κ3) is 11.2. The van der Waals surface area contributed by atoms with Gasteiger partial charge in [0.1, 0.15) is 4.84 Å². The molecule has 0 N–H and O–H groups in total. The number of ether oxygens (including phenoxy) is 1. The smallest absolute Gasteiger partial charge is 0.184 e. The molecule has 0 saturated carbocycles. The monoisotopic (exact) mass is 286 g/mol. The van der Waals surface area contributed by atoms with Crippen LogP contribution < -0.4 is 0 Å². The number of alkyl halides is 2. The Kier molecular flexibility index (Phi) is 6.89. The van der Waals surface area contributed by atoms with Gasteiger partial charge in [-0.15, -0.1) is 23.2 Å². The first-order valence-corrected chi connectivity index (χ1v) is 9.87. The van der Waals surface area contributed by atoms with Gasteiger partial charge in [0.25, 0.3) is 0 Å². The normalized spacial score (nSPS) is 15.6. The fraction of sp³-hybridized carbons (Fsp3) is 1.00. The summed E-state index contributed by atoms with van der Waals surface area (Å²) in [6.45, 7) is 13.1. The Morgan fingerprint density at radius 1 is 1.12 bits per heavy atom. The van der Waals surface area contributed by atoms with Crippen LogP contribution in [0.15, 0.2) is 0 Å². The highest BCUT2D eigenvalue weighted by molar-refractivity contribution is 6.69. The van der Waals surface area contributed by atoms with Crippen molar-refractivity contribution in [1.82, 2.24) is 0 Å².